The number of hydrogen-bond acceptors (Lipinski definition) is 6. The minimum Gasteiger partial charge on any atom is -0.497 e. The van der Waals surface area contributed by atoms with Gasteiger partial charge < -0.3 is 19.9 Å². The van der Waals surface area contributed by atoms with E-state index in [0.717, 1.165) is 4.68 Å². The summed E-state index contributed by atoms with van der Waals surface area (Å²) in [6, 6.07) is 10.00. The van der Waals surface area contributed by atoms with Crippen LogP contribution in [-0.2, 0) is 4.79 Å². The second kappa shape index (κ2) is 8.01. The van der Waals surface area contributed by atoms with Crippen molar-refractivity contribution in [1.29, 1.82) is 0 Å². The summed E-state index contributed by atoms with van der Waals surface area (Å²) in [7, 11) is 2.96. The number of ether oxygens (including phenoxy) is 2. The van der Waals surface area contributed by atoms with Gasteiger partial charge in [0.1, 0.15) is 17.5 Å². The molecule has 1 amide bonds. The lowest BCUT2D eigenvalue weighted by molar-refractivity contribution is -0.119. The van der Waals surface area contributed by atoms with Crippen molar-refractivity contribution in [2.45, 2.75) is 13.0 Å². The van der Waals surface area contributed by atoms with E-state index in [1.165, 1.54) is 33.3 Å². The number of aromatic nitrogens is 2. The molecule has 150 valence electrons. The van der Waals surface area contributed by atoms with Crippen LogP contribution in [0.3, 0.4) is 0 Å². The van der Waals surface area contributed by atoms with Crippen LogP contribution >= 0.6 is 0 Å². The standard InChI is InChI=1S/C20H19N3O6/c1-11(18(24)21-12-8-13(28-2)10-14(9-12)29-3)23-19(25)16-7-5-4-6-15(16)17(22-23)20(26)27/h4-11H,1-3H3,(H,21,24)(H,26,27). The highest BCUT2D eigenvalue weighted by Gasteiger charge is 2.23. The lowest BCUT2D eigenvalue weighted by Crippen LogP contribution is -2.34. The van der Waals surface area contributed by atoms with Crippen molar-refractivity contribution < 1.29 is 24.2 Å². The maximum absolute atomic E-state index is 12.8. The maximum Gasteiger partial charge on any atom is 0.357 e. The predicted octanol–water partition coefficient (Wildman–Crippen LogP) is 2.31. The molecule has 1 unspecified atom stereocenters. The molecule has 1 heterocycles. The van der Waals surface area contributed by atoms with Crippen LogP contribution < -0.4 is 20.3 Å². The minimum atomic E-state index is -1.29. The summed E-state index contributed by atoms with van der Waals surface area (Å²) in [6.07, 6.45) is 0. The molecule has 1 aromatic heterocycles. The first-order chi connectivity index (χ1) is 13.8. The maximum atomic E-state index is 12.8. The van der Waals surface area contributed by atoms with Crippen LogP contribution in [-0.4, -0.2) is 41.0 Å². The molecular formula is C20H19N3O6. The Labute approximate surface area is 165 Å². The van der Waals surface area contributed by atoms with Gasteiger partial charge in [0.2, 0.25) is 5.91 Å². The highest BCUT2D eigenvalue weighted by molar-refractivity contribution is 6.01. The third-order valence-electron chi connectivity index (χ3n) is 4.40. The van der Waals surface area contributed by atoms with Crippen molar-refractivity contribution in [3.8, 4) is 11.5 Å². The van der Waals surface area contributed by atoms with Gasteiger partial charge in [0.25, 0.3) is 5.56 Å². The van der Waals surface area contributed by atoms with E-state index >= 15 is 0 Å². The number of anilines is 1. The van der Waals surface area contributed by atoms with E-state index in [1.54, 1.807) is 30.3 Å². The fourth-order valence-electron chi connectivity index (χ4n) is 2.86. The number of carboxylic acids is 1. The number of nitrogens with zero attached hydrogens (tertiary/aromatic N) is 2. The first-order valence-corrected chi connectivity index (χ1v) is 8.64. The number of carbonyl (C=O) groups excluding carboxylic acids is 1. The SMILES string of the molecule is COc1cc(NC(=O)C(C)n2nc(C(=O)O)c3ccccc3c2=O)cc(OC)c1. The molecule has 2 aromatic carbocycles. The topological polar surface area (TPSA) is 120 Å². The lowest BCUT2D eigenvalue weighted by Gasteiger charge is -2.16. The third kappa shape index (κ3) is 3.88. The van der Waals surface area contributed by atoms with Gasteiger partial charge in [0.15, 0.2) is 5.69 Å². The molecule has 0 radical (unpaired) electrons. The molecule has 9 heteroatoms. The first kappa shape index (κ1) is 19.9. The van der Waals surface area contributed by atoms with Gasteiger partial charge in [-0.1, -0.05) is 18.2 Å². The Morgan fingerprint density at radius 1 is 1.07 bits per heavy atom. The van der Waals surface area contributed by atoms with Gasteiger partial charge in [0, 0.05) is 29.3 Å². The molecule has 9 nitrogen and oxygen atoms in total. The van der Waals surface area contributed by atoms with Gasteiger partial charge in [-0.05, 0) is 13.0 Å². The highest BCUT2D eigenvalue weighted by atomic mass is 16.5. The zero-order valence-electron chi connectivity index (χ0n) is 16.0. The Kier molecular flexibility index (Phi) is 5.49. The number of methoxy groups -OCH3 is 2. The largest absolute Gasteiger partial charge is 0.497 e. The van der Waals surface area contributed by atoms with Gasteiger partial charge in [0.05, 0.1) is 19.6 Å². The fraction of sp³-hybridized carbons (Fsp3) is 0.200. The second-order valence-electron chi connectivity index (χ2n) is 6.22. The summed E-state index contributed by atoms with van der Waals surface area (Å²) in [5.74, 6) is -0.899. The molecule has 0 saturated heterocycles. The fourth-order valence-corrected chi connectivity index (χ4v) is 2.86. The van der Waals surface area contributed by atoms with Crippen LogP contribution in [0.1, 0.15) is 23.5 Å². The minimum absolute atomic E-state index is 0.169. The van der Waals surface area contributed by atoms with Gasteiger partial charge >= 0.3 is 5.97 Å². The number of rotatable bonds is 6. The molecule has 3 rings (SSSR count). The summed E-state index contributed by atoms with van der Waals surface area (Å²) in [5, 5.41) is 16.4. The molecule has 0 aliphatic heterocycles. The van der Waals surface area contributed by atoms with E-state index in [-0.39, 0.29) is 16.5 Å². The summed E-state index contributed by atoms with van der Waals surface area (Å²) < 4.78 is 11.2. The van der Waals surface area contributed by atoms with E-state index in [1.807, 2.05) is 0 Å². The number of amides is 1. The Morgan fingerprint density at radius 3 is 2.21 bits per heavy atom. The first-order valence-electron chi connectivity index (χ1n) is 8.64. The van der Waals surface area contributed by atoms with E-state index in [9.17, 15) is 19.5 Å². The lowest BCUT2D eigenvalue weighted by atomic mass is 10.1. The summed E-state index contributed by atoms with van der Waals surface area (Å²) in [4.78, 5) is 37.1. The molecule has 0 aliphatic rings. The molecule has 3 aromatic rings. The second-order valence-corrected chi connectivity index (χ2v) is 6.22. The summed E-state index contributed by atoms with van der Waals surface area (Å²) in [5.41, 5.74) is -0.468. The Hall–Kier alpha value is -3.88. The van der Waals surface area contributed by atoms with E-state index in [4.69, 9.17) is 9.47 Å². The predicted molar refractivity (Wildman–Crippen MR) is 106 cm³/mol. The average Bonchev–Trinajstić information content (AvgIpc) is 2.73. The van der Waals surface area contributed by atoms with Crippen LogP contribution in [0.15, 0.2) is 47.3 Å². The number of fused-ring (bicyclic) bond motifs is 1. The summed E-state index contributed by atoms with van der Waals surface area (Å²) >= 11 is 0. The van der Waals surface area contributed by atoms with Crippen molar-refractivity contribution >= 4 is 28.3 Å². The Balaban J connectivity index is 2.00. The Bertz CT molecular complexity index is 1130. The summed E-state index contributed by atoms with van der Waals surface area (Å²) in [6.45, 7) is 1.46. The number of nitrogens with one attached hydrogen (secondary N) is 1. The number of aromatic carboxylic acids is 1. The van der Waals surface area contributed by atoms with Gasteiger partial charge in [-0.15, -0.1) is 0 Å². The number of carbonyl (C=O) groups is 2. The Morgan fingerprint density at radius 2 is 1.66 bits per heavy atom. The monoisotopic (exact) mass is 397 g/mol. The van der Waals surface area contributed by atoms with Crippen molar-refractivity contribution in [3.05, 3.63) is 58.5 Å². The average molecular weight is 397 g/mol. The van der Waals surface area contributed by atoms with Crippen LogP contribution in [0.4, 0.5) is 5.69 Å². The molecule has 2 N–H and O–H groups in total. The highest BCUT2D eigenvalue weighted by Crippen LogP contribution is 2.26. The zero-order valence-corrected chi connectivity index (χ0v) is 16.0. The van der Waals surface area contributed by atoms with E-state index in [0.29, 0.717) is 17.2 Å². The van der Waals surface area contributed by atoms with Crippen molar-refractivity contribution in [3.63, 3.8) is 0 Å². The molecular weight excluding hydrogens is 378 g/mol. The van der Waals surface area contributed by atoms with Crippen LogP contribution in [0, 0.1) is 0 Å². The molecule has 0 saturated carbocycles. The molecule has 29 heavy (non-hydrogen) atoms. The zero-order chi connectivity index (χ0) is 21.1. The van der Waals surface area contributed by atoms with E-state index in [2.05, 4.69) is 10.4 Å². The van der Waals surface area contributed by atoms with Crippen molar-refractivity contribution in [1.82, 2.24) is 9.78 Å². The van der Waals surface area contributed by atoms with Gasteiger partial charge in [-0.2, -0.15) is 5.10 Å². The number of benzene rings is 2. The molecule has 1 atom stereocenters. The third-order valence-corrected chi connectivity index (χ3v) is 4.40. The van der Waals surface area contributed by atoms with Crippen LogP contribution in [0.25, 0.3) is 10.8 Å². The van der Waals surface area contributed by atoms with Gasteiger partial charge in [-0.3, -0.25) is 9.59 Å². The molecule has 0 spiro atoms. The van der Waals surface area contributed by atoms with Gasteiger partial charge in [-0.25, -0.2) is 9.48 Å². The molecule has 0 bridgehead atoms. The molecule has 0 fully saturated rings. The number of carboxylic acid groups (broad SMARTS) is 1. The quantitative estimate of drug-likeness (QED) is 0.655. The smallest absolute Gasteiger partial charge is 0.357 e. The number of hydrogen-bond donors (Lipinski definition) is 2. The van der Waals surface area contributed by atoms with Crippen molar-refractivity contribution in [2.75, 3.05) is 19.5 Å². The van der Waals surface area contributed by atoms with E-state index < -0.39 is 23.5 Å². The normalized spacial score (nSPS) is 11.7. The van der Waals surface area contributed by atoms with Crippen LogP contribution in [0.2, 0.25) is 0 Å². The van der Waals surface area contributed by atoms with Crippen molar-refractivity contribution in [2.24, 2.45) is 0 Å². The van der Waals surface area contributed by atoms with Crippen LogP contribution in [0.5, 0.6) is 11.5 Å². The molecule has 0 aliphatic carbocycles.